The lowest BCUT2D eigenvalue weighted by molar-refractivity contribution is -0.162. The van der Waals surface area contributed by atoms with Gasteiger partial charge >= 0.3 is 0 Å². The number of fused-ring (bicyclic) bond motifs is 5. The number of methoxy groups -OCH3 is 2. The maximum absolute atomic E-state index is 10.4. The maximum atomic E-state index is 10.4. The molecule has 0 amide bonds. The van der Waals surface area contributed by atoms with E-state index >= 15 is 0 Å². The number of aliphatic hydroxyl groups is 1. The predicted molar refractivity (Wildman–Crippen MR) is 85.9 cm³/mol. The van der Waals surface area contributed by atoms with E-state index < -0.39 is 6.29 Å². The molecular formula is C18H23NO4. The Morgan fingerprint density at radius 3 is 2.57 bits per heavy atom. The molecule has 1 N–H and O–H groups in total. The van der Waals surface area contributed by atoms with Gasteiger partial charge in [0.05, 0.1) is 20.3 Å². The van der Waals surface area contributed by atoms with Gasteiger partial charge in [-0.25, -0.2) is 0 Å². The van der Waals surface area contributed by atoms with E-state index in [-0.39, 0.29) is 12.0 Å². The van der Waals surface area contributed by atoms with E-state index in [2.05, 4.69) is 18.0 Å². The van der Waals surface area contributed by atoms with Crippen LogP contribution in [0.2, 0.25) is 0 Å². The van der Waals surface area contributed by atoms with Crippen LogP contribution in [0.15, 0.2) is 23.8 Å². The van der Waals surface area contributed by atoms with Crippen LogP contribution in [-0.4, -0.2) is 50.0 Å². The van der Waals surface area contributed by atoms with E-state index in [4.69, 9.17) is 14.2 Å². The van der Waals surface area contributed by atoms with E-state index in [0.29, 0.717) is 17.5 Å². The van der Waals surface area contributed by atoms with Crippen molar-refractivity contribution >= 4 is 0 Å². The number of aliphatic hydroxyl groups excluding tert-OH is 1. The van der Waals surface area contributed by atoms with Crippen LogP contribution in [-0.2, 0) is 4.74 Å². The first-order valence-corrected chi connectivity index (χ1v) is 8.12. The third-order valence-corrected chi connectivity index (χ3v) is 5.48. The highest BCUT2D eigenvalue weighted by atomic mass is 16.6. The first-order valence-electron chi connectivity index (χ1n) is 8.12. The number of likely N-dealkylation sites (N-methyl/N-ethyl adjacent to an activating group) is 1. The van der Waals surface area contributed by atoms with Crippen LogP contribution in [0.25, 0.3) is 0 Å². The summed E-state index contributed by atoms with van der Waals surface area (Å²) in [6, 6.07) is 4.22. The van der Waals surface area contributed by atoms with Crippen molar-refractivity contribution in [3.05, 3.63) is 34.9 Å². The molecule has 0 radical (unpaired) electrons. The summed E-state index contributed by atoms with van der Waals surface area (Å²) >= 11 is 0. The van der Waals surface area contributed by atoms with Crippen LogP contribution < -0.4 is 9.47 Å². The number of ether oxygens (including phenoxy) is 3. The average Bonchev–Trinajstić information content (AvgIpc) is 2.95. The van der Waals surface area contributed by atoms with Crippen molar-refractivity contribution in [2.75, 3.05) is 27.8 Å². The molecule has 0 saturated carbocycles. The Balaban J connectivity index is 1.86. The highest BCUT2D eigenvalue weighted by molar-refractivity contribution is 5.52. The van der Waals surface area contributed by atoms with Crippen molar-refractivity contribution < 1.29 is 19.3 Å². The molecule has 1 aromatic rings. The lowest BCUT2D eigenvalue weighted by Crippen LogP contribution is -2.44. The van der Waals surface area contributed by atoms with Gasteiger partial charge in [-0.3, -0.25) is 4.90 Å². The molecule has 1 fully saturated rings. The summed E-state index contributed by atoms with van der Waals surface area (Å²) in [6.07, 6.45) is 3.37. The minimum Gasteiger partial charge on any atom is -0.493 e. The van der Waals surface area contributed by atoms with Crippen LogP contribution >= 0.6 is 0 Å². The van der Waals surface area contributed by atoms with Crippen LogP contribution in [0.4, 0.5) is 0 Å². The lowest BCUT2D eigenvalue weighted by atomic mass is 9.74. The van der Waals surface area contributed by atoms with E-state index in [9.17, 15) is 5.11 Å². The Hall–Kier alpha value is -1.56. The van der Waals surface area contributed by atoms with Gasteiger partial charge in [0.1, 0.15) is 0 Å². The van der Waals surface area contributed by atoms with Crippen molar-refractivity contribution in [1.29, 1.82) is 0 Å². The topological polar surface area (TPSA) is 51.2 Å². The van der Waals surface area contributed by atoms with Crippen LogP contribution in [0.1, 0.15) is 36.2 Å². The minimum atomic E-state index is -0.910. The number of likely N-dealkylation sites (tertiary alicyclic amines) is 1. The van der Waals surface area contributed by atoms with Gasteiger partial charge in [-0.15, -0.1) is 0 Å². The minimum absolute atomic E-state index is 0.00454. The SMILES string of the molecule is COc1cc2c(cc1OC)[C@@H](O)O[C@@H]1CC=C3CCN(C)[C@H]3[C@H]21. The average molecular weight is 317 g/mol. The standard InChI is InChI=1S/C18H23NO4/c1-19-7-6-10-4-5-13-16(17(10)19)11-8-14(21-2)15(22-3)9-12(11)18(20)23-13/h4,8-9,13,16-18,20H,5-7H2,1-3H3/t13-,16-,17-,18+/m1/s1. The van der Waals surface area contributed by atoms with Crippen molar-refractivity contribution in [1.82, 2.24) is 4.90 Å². The molecule has 1 aliphatic carbocycles. The van der Waals surface area contributed by atoms with E-state index in [0.717, 1.165) is 30.5 Å². The number of hydrogen-bond acceptors (Lipinski definition) is 5. The maximum Gasteiger partial charge on any atom is 0.181 e. The zero-order valence-electron chi connectivity index (χ0n) is 13.8. The monoisotopic (exact) mass is 317 g/mol. The summed E-state index contributed by atoms with van der Waals surface area (Å²) in [7, 11) is 5.42. The molecule has 4 atom stereocenters. The van der Waals surface area contributed by atoms with Gasteiger partial charge in [0.15, 0.2) is 17.8 Å². The van der Waals surface area contributed by atoms with Crippen LogP contribution in [0.3, 0.4) is 0 Å². The second-order valence-corrected chi connectivity index (χ2v) is 6.58. The molecule has 124 valence electrons. The summed E-state index contributed by atoms with van der Waals surface area (Å²) in [5.74, 6) is 1.55. The lowest BCUT2D eigenvalue weighted by Gasteiger charge is -2.44. The summed E-state index contributed by atoms with van der Waals surface area (Å²) in [6.45, 7) is 1.07. The molecule has 2 aliphatic heterocycles. The Morgan fingerprint density at radius 1 is 1.17 bits per heavy atom. The first-order chi connectivity index (χ1) is 11.1. The van der Waals surface area contributed by atoms with Crippen molar-refractivity contribution in [3.8, 4) is 11.5 Å². The molecule has 5 heteroatoms. The third-order valence-electron chi connectivity index (χ3n) is 5.48. The van der Waals surface area contributed by atoms with Crippen molar-refractivity contribution in [3.63, 3.8) is 0 Å². The highest BCUT2D eigenvalue weighted by Crippen LogP contribution is 2.50. The van der Waals surface area contributed by atoms with Crippen LogP contribution in [0.5, 0.6) is 11.5 Å². The number of benzene rings is 1. The molecule has 0 aromatic heterocycles. The summed E-state index contributed by atoms with van der Waals surface area (Å²) in [4.78, 5) is 2.39. The van der Waals surface area contributed by atoms with Gasteiger partial charge in [0, 0.05) is 24.1 Å². The molecule has 23 heavy (non-hydrogen) atoms. The predicted octanol–water partition coefficient (Wildman–Crippen LogP) is 2.21. The highest BCUT2D eigenvalue weighted by Gasteiger charge is 2.46. The van der Waals surface area contributed by atoms with Crippen molar-refractivity contribution in [2.45, 2.75) is 37.2 Å². The largest absolute Gasteiger partial charge is 0.493 e. The molecular weight excluding hydrogens is 294 g/mol. The zero-order valence-corrected chi connectivity index (χ0v) is 13.8. The van der Waals surface area contributed by atoms with Gasteiger partial charge in [-0.05, 0) is 37.6 Å². The number of hydrogen-bond donors (Lipinski definition) is 1. The second kappa shape index (κ2) is 5.51. The molecule has 1 saturated heterocycles. The van der Waals surface area contributed by atoms with Crippen LogP contribution in [0, 0.1) is 0 Å². The Labute approximate surface area is 136 Å². The molecule has 4 rings (SSSR count). The first kappa shape index (κ1) is 15.0. The number of nitrogens with zero attached hydrogens (tertiary/aromatic N) is 1. The molecule has 0 bridgehead atoms. The van der Waals surface area contributed by atoms with Crippen molar-refractivity contribution in [2.24, 2.45) is 0 Å². The fourth-order valence-corrected chi connectivity index (χ4v) is 4.38. The summed E-state index contributed by atoms with van der Waals surface area (Å²) in [5, 5.41) is 10.4. The zero-order chi connectivity index (χ0) is 16.1. The van der Waals surface area contributed by atoms with Gasteiger partial charge < -0.3 is 19.3 Å². The fraction of sp³-hybridized carbons (Fsp3) is 0.556. The van der Waals surface area contributed by atoms with E-state index in [1.165, 1.54) is 5.57 Å². The normalized spacial score (nSPS) is 32.6. The summed E-state index contributed by atoms with van der Waals surface area (Å²) < 4.78 is 16.8. The second-order valence-electron chi connectivity index (χ2n) is 6.58. The van der Waals surface area contributed by atoms with Gasteiger partial charge in [0.25, 0.3) is 0 Å². The molecule has 5 nitrogen and oxygen atoms in total. The smallest absolute Gasteiger partial charge is 0.181 e. The van der Waals surface area contributed by atoms with Gasteiger partial charge in [0.2, 0.25) is 0 Å². The fourth-order valence-electron chi connectivity index (χ4n) is 4.38. The molecule has 2 heterocycles. The van der Waals surface area contributed by atoms with Gasteiger partial charge in [-0.2, -0.15) is 0 Å². The number of rotatable bonds is 2. The quantitative estimate of drug-likeness (QED) is 0.848. The molecule has 0 unspecified atom stereocenters. The Kier molecular flexibility index (Phi) is 3.59. The molecule has 1 aromatic carbocycles. The van der Waals surface area contributed by atoms with Gasteiger partial charge in [-0.1, -0.05) is 11.6 Å². The van der Waals surface area contributed by atoms with E-state index in [1.807, 2.05) is 12.1 Å². The van der Waals surface area contributed by atoms with E-state index in [1.54, 1.807) is 14.2 Å². The molecule has 0 spiro atoms. The summed E-state index contributed by atoms with van der Waals surface area (Å²) in [5.41, 5.74) is 3.41. The molecule has 3 aliphatic rings. The third kappa shape index (κ3) is 2.18. The Bertz CT molecular complexity index is 657. The Morgan fingerprint density at radius 2 is 1.87 bits per heavy atom.